The van der Waals surface area contributed by atoms with Crippen molar-refractivity contribution < 1.29 is 4.79 Å². The summed E-state index contributed by atoms with van der Waals surface area (Å²) >= 11 is 0. The summed E-state index contributed by atoms with van der Waals surface area (Å²) in [5.74, 6) is 0.650. The number of urea groups is 1. The molecule has 0 atom stereocenters. The Balaban J connectivity index is 2.04. The molecule has 2 aromatic carbocycles. The second-order valence-corrected chi connectivity index (χ2v) is 5.77. The smallest absolute Gasteiger partial charge is 0.323 e. The number of benzene rings is 2. The molecule has 0 saturated heterocycles. The second-order valence-electron chi connectivity index (χ2n) is 5.77. The molecule has 2 aromatic rings. The van der Waals surface area contributed by atoms with Crippen LogP contribution in [0, 0.1) is 0 Å². The first-order chi connectivity index (χ1) is 13.4. The minimum absolute atomic E-state index is 0.119. The molecule has 0 spiro atoms. The largest absolute Gasteiger partial charge is 0.373 e. The molecule has 2 rings (SSSR count). The summed E-state index contributed by atoms with van der Waals surface area (Å²) in [5, 5.41) is 16.1. The van der Waals surface area contributed by atoms with Gasteiger partial charge in [-0.15, -0.1) is 5.10 Å². The number of nitrogens with one attached hydrogen (secondary N) is 3. The quantitative estimate of drug-likeness (QED) is 0.307. The van der Waals surface area contributed by atoms with E-state index in [-0.39, 0.29) is 12.0 Å². The van der Waals surface area contributed by atoms with Crippen molar-refractivity contribution >= 4 is 34.9 Å². The molecule has 0 fully saturated rings. The number of nitrogens with zero attached hydrogens (tertiary/aromatic N) is 3. The van der Waals surface area contributed by atoms with Crippen LogP contribution in [0.1, 0.15) is 18.1 Å². The molecule has 0 unspecified atom stereocenters. The molecule has 9 nitrogen and oxygen atoms in total. The van der Waals surface area contributed by atoms with Crippen molar-refractivity contribution in [3.8, 4) is 0 Å². The summed E-state index contributed by atoms with van der Waals surface area (Å²) in [4.78, 5) is 16.4. The van der Waals surface area contributed by atoms with Crippen LogP contribution >= 0.6 is 0 Å². The number of aliphatic imine (C=N–C) groups is 1. The maximum Gasteiger partial charge on any atom is 0.323 e. The molecule has 0 radical (unpaired) electrons. The molecule has 0 aromatic heterocycles. The van der Waals surface area contributed by atoms with Crippen molar-refractivity contribution in [2.45, 2.75) is 6.92 Å². The summed E-state index contributed by atoms with van der Waals surface area (Å²) in [6, 6.07) is 14.2. The Hall–Kier alpha value is -3.88. The highest BCUT2D eigenvalue weighted by molar-refractivity contribution is 6.03. The molecule has 0 aliphatic carbocycles. The van der Waals surface area contributed by atoms with Crippen LogP contribution in [0.25, 0.3) is 0 Å². The summed E-state index contributed by atoms with van der Waals surface area (Å²) in [7, 11) is 3.52. The fourth-order valence-electron chi connectivity index (χ4n) is 2.40. The highest BCUT2D eigenvalue weighted by Gasteiger charge is 2.06. The number of amidine groups is 1. The summed E-state index contributed by atoms with van der Waals surface area (Å²) in [6.07, 6.45) is 0. The van der Waals surface area contributed by atoms with Crippen LogP contribution in [-0.4, -0.2) is 37.6 Å². The third kappa shape index (κ3) is 5.84. The lowest BCUT2D eigenvalue weighted by Crippen LogP contribution is -2.22. The number of anilines is 2. The zero-order valence-electron chi connectivity index (χ0n) is 16.0. The number of nitrogens with two attached hydrogens (primary N) is 2. The van der Waals surface area contributed by atoms with E-state index in [2.05, 4.69) is 31.1 Å². The molecular formula is C19H24N8O. The predicted molar refractivity (Wildman–Crippen MR) is 115 cm³/mol. The van der Waals surface area contributed by atoms with Crippen molar-refractivity contribution in [2.24, 2.45) is 26.7 Å². The van der Waals surface area contributed by atoms with Gasteiger partial charge in [0.2, 0.25) is 5.96 Å². The number of guanidine groups is 1. The molecule has 2 amide bonds. The average Bonchev–Trinajstić information content (AvgIpc) is 2.68. The van der Waals surface area contributed by atoms with Crippen LogP contribution in [0.3, 0.4) is 0 Å². The van der Waals surface area contributed by atoms with E-state index < -0.39 is 0 Å². The van der Waals surface area contributed by atoms with Gasteiger partial charge in [-0.2, -0.15) is 5.10 Å². The van der Waals surface area contributed by atoms with Crippen LogP contribution in [0.4, 0.5) is 16.2 Å². The van der Waals surface area contributed by atoms with Crippen molar-refractivity contribution in [1.29, 1.82) is 0 Å². The number of rotatable bonds is 5. The minimum Gasteiger partial charge on any atom is -0.373 e. The molecule has 0 aliphatic heterocycles. The van der Waals surface area contributed by atoms with E-state index in [1.807, 2.05) is 18.2 Å². The Bertz CT molecular complexity index is 912. The maximum absolute atomic E-state index is 12.3. The van der Waals surface area contributed by atoms with Gasteiger partial charge in [0.25, 0.3) is 0 Å². The van der Waals surface area contributed by atoms with Crippen molar-refractivity contribution in [3.63, 3.8) is 0 Å². The van der Waals surface area contributed by atoms with Crippen molar-refractivity contribution in [3.05, 3.63) is 59.7 Å². The topological polar surface area (TPSA) is 142 Å². The van der Waals surface area contributed by atoms with Gasteiger partial charge in [0, 0.05) is 31.0 Å². The van der Waals surface area contributed by atoms with E-state index in [1.165, 1.54) is 0 Å². The van der Waals surface area contributed by atoms with Crippen molar-refractivity contribution in [1.82, 2.24) is 5.32 Å². The SMILES string of the molecule is CN=C(NC)c1ccc(NC(=O)Nc2cccc(/C(C)=N/N=C(N)N)c2)cc1. The third-order valence-corrected chi connectivity index (χ3v) is 3.73. The standard InChI is InChI=1S/C19H24N8O/c1-12(26-27-18(20)21)14-5-4-6-16(11-14)25-19(28)24-15-9-7-13(8-10-15)17(22-2)23-3/h4-11H,1-3H3,(H,22,23)(H4,20,21,27)(H2,24,25,28)/b26-12+. The Morgan fingerprint density at radius 2 is 1.61 bits per heavy atom. The number of carbonyl (C=O) groups is 1. The zero-order valence-corrected chi connectivity index (χ0v) is 16.0. The normalized spacial score (nSPS) is 11.5. The lowest BCUT2D eigenvalue weighted by Gasteiger charge is -2.10. The van der Waals surface area contributed by atoms with Gasteiger partial charge >= 0.3 is 6.03 Å². The van der Waals surface area contributed by atoms with Gasteiger partial charge < -0.3 is 27.4 Å². The van der Waals surface area contributed by atoms with Gasteiger partial charge in [-0.25, -0.2) is 4.79 Å². The van der Waals surface area contributed by atoms with E-state index in [4.69, 9.17) is 11.5 Å². The first kappa shape index (κ1) is 20.4. The van der Waals surface area contributed by atoms with Gasteiger partial charge in [0.15, 0.2) is 0 Å². The molecular weight excluding hydrogens is 356 g/mol. The first-order valence-corrected chi connectivity index (χ1v) is 8.49. The molecule has 28 heavy (non-hydrogen) atoms. The first-order valence-electron chi connectivity index (χ1n) is 8.49. The van der Waals surface area contributed by atoms with Gasteiger partial charge in [0.05, 0.1) is 5.71 Å². The van der Waals surface area contributed by atoms with Gasteiger partial charge in [0.1, 0.15) is 5.84 Å². The lowest BCUT2D eigenvalue weighted by atomic mass is 10.1. The van der Waals surface area contributed by atoms with E-state index in [1.54, 1.807) is 51.4 Å². The van der Waals surface area contributed by atoms with Crippen LogP contribution in [-0.2, 0) is 0 Å². The lowest BCUT2D eigenvalue weighted by molar-refractivity contribution is 0.262. The monoisotopic (exact) mass is 380 g/mol. The molecule has 9 heteroatoms. The molecule has 0 bridgehead atoms. The summed E-state index contributed by atoms with van der Waals surface area (Å²) < 4.78 is 0. The fraction of sp³-hybridized carbons (Fsp3) is 0.158. The Morgan fingerprint density at radius 3 is 2.21 bits per heavy atom. The molecule has 0 aliphatic rings. The van der Waals surface area contributed by atoms with Crippen LogP contribution in [0.15, 0.2) is 63.7 Å². The van der Waals surface area contributed by atoms with E-state index in [9.17, 15) is 4.79 Å². The number of carbonyl (C=O) groups excluding carboxylic acids is 1. The number of hydrogen-bond donors (Lipinski definition) is 5. The highest BCUT2D eigenvalue weighted by atomic mass is 16.2. The van der Waals surface area contributed by atoms with Gasteiger partial charge in [-0.3, -0.25) is 4.99 Å². The fourth-order valence-corrected chi connectivity index (χ4v) is 2.40. The zero-order chi connectivity index (χ0) is 20.5. The molecule has 0 heterocycles. The number of hydrogen-bond acceptors (Lipinski definition) is 4. The Kier molecular flexibility index (Phi) is 7.09. The minimum atomic E-state index is -0.360. The van der Waals surface area contributed by atoms with E-state index in [0.717, 1.165) is 17.0 Å². The van der Waals surface area contributed by atoms with Crippen LogP contribution in [0.5, 0.6) is 0 Å². The predicted octanol–water partition coefficient (Wildman–Crippen LogP) is 1.92. The van der Waals surface area contributed by atoms with E-state index >= 15 is 0 Å². The molecule has 7 N–H and O–H groups in total. The Morgan fingerprint density at radius 1 is 0.929 bits per heavy atom. The highest BCUT2D eigenvalue weighted by Crippen LogP contribution is 2.14. The average molecular weight is 380 g/mol. The third-order valence-electron chi connectivity index (χ3n) is 3.73. The number of amides is 2. The maximum atomic E-state index is 12.3. The molecule has 146 valence electrons. The van der Waals surface area contributed by atoms with Crippen molar-refractivity contribution in [2.75, 3.05) is 24.7 Å². The summed E-state index contributed by atoms with van der Waals surface area (Å²) in [6.45, 7) is 1.77. The van der Waals surface area contributed by atoms with E-state index in [0.29, 0.717) is 17.1 Å². The van der Waals surface area contributed by atoms with Gasteiger partial charge in [-0.05, 0) is 48.9 Å². The van der Waals surface area contributed by atoms with Crippen LogP contribution in [0.2, 0.25) is 0 Å². The van der Waals surface area contributed by atoms with Gasteiger partial charge in [-0.1, -0.05) is 12.1 Å². The summed E-state index contributed by atoms with van der Waals surface area (Å²) in [5.41, 5.74) is 14.2. The Labute approximate surface area is 163 Å². The molecule has 0 saturated carbocycles. The van der Waals surface area contributed by atoms with Crippen LogP contribution < -0.4 is 27.4 Å². The second kappa shape index (κ2) is 9.72.